The Morgan fingerprint density at radius 2 is 1.95 bits per heavy atom. The zero-order chi connectivity index (χ0) is 14.0. The van der Waals surface area contributed by atoms with Gasteiger partial charge in [0.25, 0.3) is 0 Å². The molecule has 1 unspecified atom stereocenters. The highest BCUT2D eigenvalue weighted by Crippen LogP contribution is 2.63. The van der Waals surface area contributed by atoms with Crippen LogP contribution in [0.25, 0.3) is 0 Å². The van der Waals surface area contributed by atoms with E-state index in [4.69, 9.17) is 5.73 Å². The third kappa shape index (κ3) is 1.55. The average molecular weight is 269 g/mol. The third-order valence-electron chi connectivity index (χ3n) is 7.20. The molecule has 0 aliphatic heterocycles. The van der Waals surface area contributed by atoms with Gasteiger partial charge in [0.15, 0.2) is 0 Å². The van der Waals surface area contributed by atoms with Crippen LogP contribution in [0.4, 0.5) is 0 Å². The summed E-state index contributed by atoms with van der Waals surface area (Å²) in [6.07, 6.45) is 18.8. The van der Waals surface area contributed by atoms with Crippen molar-refractivity contribution in [3.05, 3.63) is 36.1 Å². The van der Waals surface area contributed by atoms with Crippen LogP contribution in [0.5, 0.6) is 0 Å². The molecule has 1 nitrogen and oxygen atoms in total. The zero-order valence-electron chi connectivity index (χ0n) is 12.8. The summed E-state index contributed by atoms with van der Waals surface area (Å²) in [7, 11) is 0. The van der Waals surface area contributed by atoms with Crippen molar-refractivity contribution in [1.29, 1.82) is 0 Å². The normalized spacial score (nSPS) is 53.0. The van der Waals surface area contributed by atoms with Crippen molar-refractivity contribution in [3.8, 4) is 0 Å². The van der Waals surface area contributed by atoms with Gasteiger partial charge in [-0.2, -0.15) is 0 Å². The lowest BCUT2D eigenvalue weighted by Crippen LogP contribution is -2.50. The van der Waals surface area contributed by atoms with Gasteiger partial charge in [0.05, 0.1) is 0 Å². The number of hydrogen-bond acceptors (Lipinski definition) is 1. The predicted octanol–water partition coefficient (Wildman–Crippen LogP) is 4.42. The quantitative estimate of drug-likeness (QED) is 0.647. The fraction of sp³-hybridized carbons (Fsp3) is 0.684. The maximum Gasteiger partial charge on any atom is 0.0273 e. The fourth-order valence-electron chi connectivity index (χ4n) is 5.98. The first-order valence-electron chi connectivity index (χ1n) is 8.37. The number of rotatable bonds is 0. The second-order valence-corrected chi connectivity index (χ2v) is 8.11. The van der Waals surface area contributed by atoms with E-state index in [0.717, 1.165) is 23.5 Å². The molecular weight excluding hydrogens is 242 g/mol. The Balaban J connectivity index is 1.68. The molecule has 108 valence electrons. The number of fused-ring (bicyclic) bond motifs is 5. The van der Waals surface area contributed by atoms with Crippen molar-refractivity contribution in [1.82, 2.24) is 0 Å². The molecule has 0 bridgehead atoms. The van der Waals surface area contributed by atoms with Crippen molar-refractivity contribution < 1.29 is 0 Å². The monoisotopic (exact) mass is 269 g/mol. The molecule has 0 heterocycles. The maximum atomic E-state index is 6.04. The van der Waals surface area contributed by atoms with Crippen LogP contribution in [0.15, 0.2) is 36.1 Å². The SMILES string of the molecule is C[C@@]12C=CC[C@H]1[C@@H]1CCC3C=C(N)C=C[C@]3(C)[C@H]1CC2. The van der Waals surface area contributed by atoms with Crippen LogP contribution in [-0.4, -0.2) is 0 Å². The van der Waals surface area contributed by atoms with Crippen molar-refractivity contribution in [2.24, 2.45) is 40.2 Å². The molecule has 0 aromatic heterocycles. The first kappa shape index (κ1) is 12.7. The van der Waals surface area contributed by atoms with Gasteiger partial charge in [-0.1, -0.05) is 38.2 Å². The lowest BCUT2D eigenvalue weighted by atomic mass is 9.47. The van der Waals surface area contributed by atoms with E-state index in [1.54, 1.807) is 0 Å². The summed E-state index contributed by atoms with van der Waals surface area (Å²) < 4.78 is 0. The van der Waals surface area contributed by atoms with Gasteiger partial charge in [-0.25, -0.2) is 0 Å². The lowest BCUT2D eigenvalue weighted by Gasteiger charge is -2.57. The van der Waals surface area contributed by atoms with Gasteiger partial charge < -0.3 is 5.73 Å². The zero-order valence-corrected chi connectivity index (χ0v) is 12.8. The van der Waals surface area contributed by atoms with Gasteiger partial charge in [0, 0.05) is 5.70 Å². The summed E-state index contributed by atoms with van der Waals surface area (Å²) in [4.78, 5) is 0. The summed E-state index contributed by atoms with van der Waals surface area (Å²) in [5, 5.41) is 0. The van der Waals surface area contributed by atoms with Gasteiger partial charge in [-0.15, -0.1) is 0 Å². The standard InChI is InChI=1S/C19H27N/c1-18-9-3-4-16(18)15-6-5-13-12-14(20)7-11-19(13,2)17(15)8-10-18/h3,7,9,11-13,15-17H,4-6,8,10,20H2,1-2H3/t13?,15-,16-,17-,18-,19-/m0/s1. The van der Waals surface area contributed by atoms with Gasteiger partial charge in [-0.05, 0) is 72.7 Å². The van der Waals surface area contributed by atoms with Gasteiger partial charge >= 0.3 is 0 Å². The van der Waals surface area contributed by atoms with Gasteiger partial charge in [-0.3, -0.25) is 0 Å². The van der Waals surface area contributed by atoms with Crippen LogP contribution in [0.2, 0.25) is 0 Å². The van der Waals surface area contributed by atoms with Crippen LogP contribution in [0.1, 0.15) is 46.0 Å². The second-order valence-electron chi connectivity index (χ2n) is 8.11. The highest BCUT2D eigenvalue weighted by atomic mass is 14.6. The molecule has 0 aromatic carbocycles. The number of hydrogen-bond donors (Lipinski definition) is 1. The van der Waals surface area contributed by atoms with E-state index >= 15 is 0 Å². The van der Waals surface area contributed by atoms with Gasteiger partial charge in [0.2, 0.25) is 0 Å². The molecule has 2 fully saturated rings. The first-order valence-corrected chi connectivity index (χ1v) is 8.37. The molecule has 0 saturated heterocycles. The highest BCUT2D eigenvalue weighted by Gasteiger charge is 2.55. The molecule has 4 rings (SSSR count). The Hall–Kier alpha value is -0.980. The van der Waals surface area contributed by atoms with Crippen molar-refractivity contribution in [3.63, 3.8) is 0 Å². The molecule has 4 aliphatic carbocycles. The Morgan fingerprint density at radius 3 is 2.80 bits per heavy atom. The molecule has 4 aliphatic rings. The third-order valence-corrected chi connectivity index (χ3v) is 7.20. The van der Waals surface area contributed by atoms with E-state index in [1.165, 1.54) is 32.1 Å². The molecule has 20 heavy (non-hydrogen) atoms. The molecule has 1 heteroatoms. The van der Waals surface area contributed by atoms with Crippen LogP contribution < -0.4 is 5.73 Å². The molecule has 0 radical (unpaired) electrons. The summed E-state index contributed by atoms with van der Waals surface area (Å²) in [6, 6.07) is 0. The molecule has 2 N–H and O–H groups in total. The number of nitrogens with two attached hydrogens (primary N) is 1. The van der Waals surface area contributed by atoms with Crippen LogP contribution >= 0.6 is 0 Å². The predicted molar refractivity (Wildman–Crippen MR) is 83.8 cm³/mol. The first-order chi connectivity index (χ1) is 9.53. The summed E-state index contributed by atoms with van der Waals surface area (Å²) in [6.45, 7) is 5.00. The molecule has 6 atom stereocenters. The summed E-state index contributed by atoms with van der Waals surface area (Å²) in [5.74, 6) is 3.35. The smallest absolute Gasteiger partial charge is 0.0273 e. The molecule has 0 aromatic rings. The van der Waals surface area contributed by atoms with E-state index < -0.39 is 0 Å². The molecule has 2 saturated carbocycles. The summed E-state index contributed by atoms with van der Waals surface area (Å²) >= 11 is 0. The summed E-state index contributed by atoms with van der Waals surface area (Å²) in [5.41, 5.74) is 7.87. The van der Waals surface area contributed by atoms with E-state index in [9.17, 15) is 0 Å². The minimum atomic E-state index is 0.357. The average Bonchev–Trinajstić information content (AvgIpc) is 2.81. The largest absolute Gasteiger partial charge is 0.399 e. The minimum Gasteiger partial charge on any atom is -0.399 e. The maximum absolute atomic E-state index is 6.04. The fourth-order valence-corrected chi connectivity index (χ4v) is 5.98. The van der Waals surface area contributed by atoms with E-state index in [-0.39, 0.29) is 0 Å². The van der Waals surface area contributed by atoms with Crippen LogP contribution in [-0.2, 0) is 0 Å². The number of allylic oxidation sites excluding steroid dienone is 5. The lowest BCUT2D eigenvalue weighted by molar-refractivity contribution is -0.0446. The Kier molecular flexibility index (Phi) is 2.56. The molecular formula is C19H27N. The van der Waals surface area contributed by atoms with Crippen LogP contribution in [0, 0.1) is 34.5 Å². The minimum absolute atomic E-state index is 0.357. The molecule has 0 amide bonds. The topological polar surface area (TPSA) is 26.0 Å². The van der Waals surface area contributed by atoms with E-state index in [0.29, 0.717) is 16.7 Å². The Labute approximate surface area is 123 Å². The Bertz CT molecular complexity index is 514. The van der Waals surface area contributed by atoms with Crippen molar-refractivity contribution in [2.45, 2.75) is 46.0 Å². The van der Waals surface area contributed by atoms with Gasteiger partial charge in [0.1, 0.15) is 0 Å². The van der Waals surface area contributed by atoms with E-state index in [1.807, 2.05) is 0 Å². The van der Waals surface area contributed by atoms with Crippen LogP contribution in [0.3, 0.4) is 0 Å². The Morgan fingerprint density at radius 1 is 1.10 bits per heavy atom. The second kappa shape index (κ2) is 4.02. The van der Waals surface area contributed by atoms with E-state index in [2.05, 4.69) is 44.2 Å². The van der Waals surface area contributed by atoms with Crippen molar-refractivity contribution >= 4 is 0 Å². The van der Waals surface area contributed by atoms with Crippen molar-refractivity contribution in [2.75, 3.05) is 0 Å². The molecule has 0 spiro atoms. The highest BCUT2D eigenvalue weighted by molar-refractivity contribution is 5.29.